The van der Waals surface area contributed by atoms with Gasteiger partial charge < -0.3 is 11.1 Å². The Morgan fingerprint density at radius 2 is 1.86 bits per heavy atom. The van der Waals surface area contributed by atoms with Crippen LogP contribution in [0.3, 0.4) is 0 Å². The summed E-state index contributed by atoms with van der Waals surface area (Å²) in [6.07, 6.45) is 8.72. The van der Waals surface area contributed by atoms with Gasteiger partial charge in [-0.25, -0.2) is 14.5 Å². The molecule has 1 unspecified atom stereocenters. The first-order chi connectivity index (χ1) is 17.9. The van der Waals surface area contributed by atoms with Crippen molar-refractivity contribution in [3.8, 4) is 17.5 Å². The Morgan fingerprint density at radius 3 is 2.49 bits per heavy atom. The number of hydrogen-bond acceptors (Lipinski definition) is 8. The van der Waals surface area contributed by atoms with Crippen molar-refractivity contribution in [1.82, 2.24) is 39.2 Å². The zero-order valence-electron chi connectivity index (χ0n) is 20.5. The number of anilines is 1. The summed E-state index contributed by atoms with van der Waals surface area (Å²) in [6, 6.07) is 11.2. The first-order valence-corrected chi connectivity index (χ1v) is 11.3. The van der Waals surface area contributed by atoms with E-state index in [4.69, 9.17) is 10.8 Å². The minimum atomic E-state index is -0.154. The summed E-state index contributed by atoms with van der Waals surface area (Å²) in [6.45, 7) is 1.97. The summed E-state index contributed by atoms with van der Waals surface area (Å²) in [5.41, 5.74) is 7.91. The van der Waals surface area contributed by atoms with Crippen molar-refractivity contribution in [1.29, 1.82) is 0 Å². The fourth-order valence-corrected chi connectivity index (χ4v) is 3.50. The number of carbonyl (C=O) groups excluding carboxylic acids is 1. The van der Waals surface area contributed by atoms with Crippen molar-refractivity contribution in [3.63, 3.8) is 0 Å². The van der Waals surface area contributed by atoms with E-state index in [-0.39, 0.29) is 23.1 Å². The van der Waals surface area contributed by atoms with Crippen LogP contribution in [0.25, 0.3) is 11.2 Å². The number of aldehydes is 1. The van der Waals surface area contributed by atoms with E-state index >= 15 is 0 Å². The number of nitrogens with one attached hydrogen (secondary N) is 1. The lowest BCUT2D eigenvalue weighted by Gasteiger charge is -2.17. The minimum Gasteiger partial charge on any atom is -0.382 e. The van der Waals surface area contributed by atoms with Gasteiger partial charge in [-0.1, -0.05) is 30.0 Å². The molecule has 11 heteroatoms. The van der Waals surface area contributed by atoms with Crippen LogP contribution in [0.5, 0.6) is 0 Å². The number of hydrogen-bond donors (Lipinski definition) is 2. The van der Waals surface area contributed by atoms with Gasteiger partial charge in [0.2, 0.25) is 0 Å². The summed E-state index contributed by atoms with van der Waals surface area (Å²) in [7, 11) is 3.68. The monoisotopic (exact) mass is 495 g/mol. The van der Waals surface area contributed by atoms with Gasteiger partial charge in [-0.3, -0.25) is 18.8 Å². The molecular weight excluding hydrogens is 470 g/mol. The van der Waals surface area contributed by atoms with E-state index < -0.39 is 0 Å². The second-order valence-corrected chi connectivity index (χ2v) is 7.96. The van der Waals surface area contributed by atoms with Gasteiger partial charge in [0.05, 0.1) is 29.1 Å². The van der Waals surface area contributed by atoms with Gasteiger partial charge in [-0.2, -0.15) is 10.2 Å². The van der Waals surface area contributed by atoms with E-state index in [9.17, 15) is 9.59 Å². The third-order valence-corrected chi connectivity index (χ3v) is 5.46. The fourth-order valence-electron chi connectivity index (χ4n) is 3.50. The molecule has 0 amide bonds. The Hall–Kier alpha value is -5.08. The predicted molar refractivity (Wildman–Crippen MR) is 139 cm³/mol. The smallest absolute Gasteiger partial charge is 0.283 e. The number of benzene rings is 1. The molecule has 0 aliphatic carbocycles. The molecule has 4 heterocycles. The lowest BCUT2D eigenvalue weighted by molar-refractivity contribution is 0.111. The van der Waals surface area contributed by atoms with Crippen molar-refractivity contribution in [2.45, 2.75) is 13.0 Å². The number of aromatic nitrogens is 7. The summed E-state index contributed by atoms with van der Waals surface area (Å²) in [4.78, 5) is 30.8. The molecule has 4 aromatic heterocycles. The molecule has 5 rings (SSSR count). The van der Waals surface area contributed by atoms with Gasteiger partial charge in [-0.05, 0) is 32.2 Å². The first-order valence-electron chi connectivity index (χ1n) is 11.3. The molecule has 5 aromatic rings. The summed E-state index contributed by atoms with van der Waals surface area (Å²) < 4.78 is 4.95. The average molecular weight is 496 g/mol. The molecular formula is C26H25N9O2. The summed E-state index contributed by atoms with van der Waals surface area (Å²) in [5, 5.41) is 12.0. The number of nitrogens with two attached hydrogens (primary N) is 1. The molecule has 37 heavy (non-hydrogen) atoms. The highest BCUT2D eigenvalue weighted by atomic mass is 16.1. The number of fused-ring (bicyclic) bond motifs is 1. The molecule has 3 N–H and O–H groups in total. The molecule has 0 fully saturated rings. The SMILES string of the molecule is CNC(C)c1nn2ccc(C#Cc3cnn(C)c3)c2c(=O)n1-c1ccccc1.Nc1nccnc1C=O. The number of carbonyl (C=O) groups is 1. The molecule has 0 radical (unpaired) electrons. The van der Waals surface area contributed by atoms with E-state index in [0.717, 1.165) is 11.3 Å². The van der Waals surface area contributed by atoms with Crippen molar-refractivity contribution >= 4 is 17.6 Å². The fraction of sp³-hybridized carbons (Fsp3) is 0.154. The third kappa shape index (κ3) is 5.44. The Balaban J connectivity index is 0.000000301. The normalized spacial score (nSPS) is 11.2. The Bertz CT molecular complexity index is 1660. The minimum absolute atomic E-state index is 0.107. The average Bonchev–Trinajstić information content (AvgIpc) is 3.53. The molecule has 0 spiro atoms. The molecule has 1 atom stereocenters. The lowest BCUT2D eigenvalue weighted by Crippen LogP contribution is -2.30. The van der Waals surface area contributed by atoms with Crippen LogP contribution in [-0.4, -0.2) is 47.3 Å². The van der Waals surface area contributed by atoms with Gasteiger partial charge in [-0.15, -0.1) is 0 Å². The first kappa shape index (κ1) is 25.0. The highest BCUT2D eigenvalue weighted by Crippen LogP contribution is 2.16. The van der Waals surface area contributed by atoms with Crippen LogP contribution in [0, 0.1) is 11.8 Å². The maximum atomic E-state index is 13.5. The topological polar surface area (TPSA) is 138 Å². The molecule has 0 bridgehead atoms. The zero-order chi connectivity index (χ0) is 26.4. The maximum Gasteiger partial charge on any atom is 0.283 e. The van der Waals surface area contributed by atoms with Gasteiger partial charge >= 0.3 is 0 Å². The van der Waals surface area contributed by atoms with E-state index in [1.807, 2.05) is 63.6 Å². The Labute approximate surface area is 212 Å². The standard InChI is InChI=1S/C21H20N6O.C5H5N3O/c1-15(22-2)20-24-26-12-11-17(10-9-16-13-23-25(3)14-16)19(26)21(28)27(20)18-7-5-4-6-8-18;6-5-4(3-9)7-1-2-8-5/h4-8,11-15,22H,1-3H3;1-3H,(H2,6,8). The molecule has 11 nitrogen and oxygen atoms in total. The van der Waals surface area contributed by atoms with Crippen LogP contribution < -0.4 is 16.6 Å². The number of nitrogens with zero attached hydrogens (tertiary/aromatic N) is 7. The van der Waals surface area contributed by atoms with Crippen LogP contribution in [0.4, 0.5) is 5.82 Å². The molecule has 1 aromatic carbocycles. The third-order valence-electron chi connectivity index (χ3n) is 5.46. The lowest BCUT2D eigenvalue weighted by atomic mass is 10.2. The van der Waals surface area contributed by atoms with Gasteiger partial charge in [0.1, 0.15) is 11.2 Å². The van der Waals surface area contributed by atoms with Crippen molar-refractivity contribution in [3.05, 3.63) is 100 Å². The largest absolute Gasteiger partial charge is 0.382 e. The predicted octanol–water partition coefficient (Wildman–Crippen LogP) is 1.77. The summed E-state index contributed by atoms with van der Waals surface area (Å²) in [5.74, 6) is 6.95. The van der Waals surface area contributed by atoms with Crippen LogP contribution >= 0.6 is 0 Å². The van der Waals surface area contributed by atoms with Gasteiger partial charge in [0.25, 0.3) is 5.56 Å². The zero-order valence-corrected chi connectivity index (χ0v) is 20.5. The van der Waals surface area contributed by atoms with Crippen molar-refractivity contribution in [2.24, 2.45) is 7.05 Å². The second-order valence-electron chi connectivity index (χ2n) is 7.96. The molecule has 0 aliphatic rings. The van der Waals surface area contributed by atoms with E-state index in [1.165, 1.54) is 12.4 Å². The van der Waals surface area contributed by atoms with Crippen LogP contribution in [0.1, 0.15) is 40.4 Å². The maximum absolute atomic E-state index is 13.5. The number of aryl methyl sites for hydroxylation is 1. The number of rotatable bonds is 4. The molecule has 0 aliphatic heterocycles. The highest BCUT2D eigenvalue weighted by Gasteiger charge is 2.18. The van der Waals surface area contributed by atoms with Gasteiger partial charge in [0, 0.05) is 31.8 Å². The molecule has 0 saturated heterocycles. The number of para-hydroxylation sites is 1. The van der Waals surface area contributed by atoms with Crippen LogP contribution in [0.2, 0.25) is 0 Å². The highest BCUT2D eigenvalue weighted by molar-refractivity contribution is 5.78. The van der Waals surface area contributed by atoms with Crippen molar-refractivity contribution in [2.75, 3.05) is 12.8 Å². The quantitative estimate of drug-likeness (QED) is 0.284. The number of nitrogen functional groups attached to an aromatic ring is 1. The van der Waals surface area contributed by atoms with E-state index in [1.54, 1.807) is 26.2 Å². The Kier molecular flexibility index (Phi) is 7.51. The van der Waals surface area contributed by atoms with Gasteiger partial charge in [0.15, 0.2) is 17.9 Å². The van der Waals surface area contributed by atoms with Crippen LogP contribution in [-0.2, 0) is 7.05 Å². The van der Waals surface area contributed by atoms with E-state index in [0.29, 0.717) is 23.2 Å². The van der Waals surface area contributed by atoms with Crippen molar-refractivity contribution < 1.29 is 4.79 Å². The Morgan fingerprint density at radius 1 is 1.11 bits per heavy atom. The molecule has 186 valence electrons. The van der Waals surface area contributed by atoms with E-state index in [2.05, 4.69) is 32.2 Å². The summed E-state index contributed by atoms with van der Waals surface area (Å²) >= 11 is 0. The van der Waals surface area contributed by atoms with Crippen LogP contribution in [0.15, 0.2) is 72.2 Å². The molecule has 0 saturated carbocycles. The second kappa shape index (κ2) is 11.1.